The molecule has 2 fully saturated rings. The van der Waals surface area contributed by atoms with Crippen molar-refractivity contribution in [3.63, 3.8) is 0 Å². The molecule has 2 N–H and O–H groups in total. The van der Waals surface area contributed by atoms with Crippen LogP contribution in [0.3, 0.4) is 0 Å². The molecule has 0 saturated carbocycles. The van der Waals surface area contributed by atoms with Crippen LogP contribution in [0.4, 0.5) is 9.59 Å². The van der Waals surface area contributed by atoms with Gasteiger partial charge in [-0.15, -0.1) is 0 Å². The molecule has 0 radical (unpaired) electrons. The summed E-state index contributed by atoms with van der Waals surface area (Å²) >= 11 is 0. The van der Waals surface area contributed by atoms with Crippen molar-refractivity contribution >= 4 is 31.2 Å². The molecule has 2 saturated heterocycles. The first-order valence-corrected chi connectivity index (χ1v) is 18.2. The van der Waals surface area contributed by atoms with Crippen molar-refractivity contribution in [2.45, 2.75) is 168 Å². The van der Waals surface area contributed by atoms with Crippen molar-refractivity contribution in [1.82, 2.24) is 15.5 Å². The third kappa shape index (κ3) is 10.9. The monoisotopic (exact) mass is 715 g/mol. The van der Waals surface area contributed by atoms with Gasteiger partial charge in [0.15, 0.2) is 0 Å². The molecular weight excluding hydrogens is 653 g/mol. The third-order valence-electron chi connectivity index (χ3n) is 10.0. The summed E-state index contributed by atoms with van der Waals surface area (Å²) in [6.07, 6.45) is 0.712. The lowest BCUT2D eigenvalue weighted by Gasteiger charge is -2.37. The smallest absolute Gasteiger partial charge is 0.457 e. The molecule has 286 valence electrons. The van der Waals surface area contributed by atoms with Crippen molar-refractivity contribution in [3.05, 3.63) is 35.9 Å². The molecule has 0 unspecified atom stereocenters. The van der Waals surface area contributed by atoms with Gasteiger partial charge in [0, 0.05) is 19.0 Å². The minimum Gasteiger partial charge on any atom is -0.459 e. The fourth-order valence-electron chi connectivity index (χ4n) is 6.16. The van der Waals surface area contributed by atoms with Crippen LogP contribution in [0.15, 0.2) is 30.3 Å². The van der Waals surface area contributed by atoms with Gasteiger partial charge < -0.3 is 34.2 Å². The van der Waals surface area contributed by atoms with Crippen LogP contribution < -0.4 is 10.6 Å². The van der Waals surface area contributed by atoms with Gasteiger partial charge >= 0.3 is 25.3 Å². The zero-order chi connectivity index (χ0) is 38.6. The number of carbonyl (C=O) groups is 4. The van der Waals surface area contributed by atoms with Crippen LogP contribution in [0.25, 0.3) is 0 Å². The fraction of sp³-hybridized carbons (Fsp3) is 0.737. The molecule has 3 rings (SSSR count). The Morgan fingerprint density at radius 2 is 1.47 bits per heavy atom. The Balaban J connectivity index is 1.91. The topological polar surface area (TPSA) is 142 Å². The largest absolute Gasteiger partial charge is 0.459 e. The van der Waals surface area contributed by atoms with Gasteiger partial charge in [0.1, 0.15) is 28.9 Å². The van der Waals surface area contributed by atoms with Crippen LogP contribution in [0.2, 0.25) is 6.32 Å². The number of esters is 1. The summed E-state index contributed by atoms with van der Waals surface area (Å²) in [4.78, 5) is 56.5. The fourth-order valence-corrected chi connectivity index (χ4v) is 6.16. The maximum absolute atomic E-state index is 14.3. The zero-order valence-electron chi connectivity index (χ0n) is 33.2. The highest BCUT2D eigenvalue weighted by Gasteiger charge is 2.56. The standard InChI is InChI=1S/C38H62BN3O9/c1-26(2)37(13,41-31(45)48-33(3,4)5)29(43)40-28-23-38(42(24-28)32(46)49-34(6,7)8,30(44)47-25-27-19-15-14-16-20-27)21-17-18-22-39-50-35(9,10)36(11,12)51-39/h14-16,19-20,26,28H,17-18,21-25H2,1-13H3,(H,40,43)(H,41,45)/t28-,37+,38-/m1/s1. The molecule has 51 heavy (non-hydrogen) atoms. The lowest BCUT2D eigenvalue weighted by molar-refractivity contribution is -0.158. The summed E-state index contributed by atoms with van der Waals surface area (Å²) in [6.45, 7) is 23.8. The molecule has 13 heteroatoms. The minimum absolute atomic E-state index is 0.00106. The Bertz CT molecular complexity index is 1370. The number of hydrogen-bond donors (Lipinski definition) is 2. The summed E-state index contributed by atoms with van der Waals surface area (Å²) in [5.41, 5.74) is -4.55. The maximum Gasteiger partial charge on any atom is 0.457 e. The highest BCUT2D eigenvalue weighted by Crippen LogP contribution is 2.40. The summed E-state index contributed by atoms with van der Waals surface area (Å²) in [5, 5.41) is 5.80. The van der Waals surface area contributed by atoms with Crippen molar-refractivity contribution < 1.29 is 42.7 Å². The van der Waals surface area contributed by atoms with Crippen LogP contribution in [-0.2, 0) is 39.7 Å². The molecule has 3 amide bonds. The number of rotatable bonds is 12. The van der Waals surface area contributed by atoms with E-state index >= 15 is 0 Å². The number of unbranched alkanes of at least 4 members (excludes halogenated alkanes) is 1. The molecule has 12 nitrogen and oxygen atoms in total. The predicted octanol–water partition coefficient (Wildman–Crippen LogP) is 6.80. The van der Waals surface area contributed by atoms with Gasteiger partial charge in [-0.25, -0.2) is 14.4 Å². The second-order valence-corrected chi connectivity index (χ2v) is 17.5. The molecule has 0 spiro atoms. The second-order valence-electron chi connectivity index (χ2n) is 17.5. The Labute approximate surface area is 305 Å². The van der Waals surface area contributed by atoms with Gasteiger partial charge in [-0.2, -0.15) is 0 Å². The number of likely N-dealkylation sites (tertiary alicyclic amines) is 1. The van der Waals surface area contributed by atoms with Crippen LogP contribution in [0.5, 0.6) is 0 Å². The number of ether oxygens (including phenoxy) is 3. The first kappa shape index (κ1) is 42.1. The molecule has 0 aliphatic carbocycles. The number of hydrogen-bond acceptors (Lipinski definition) is 9. The summed E-state index contributed by atoms with van der Waals surface area (Å²) in [6, 6.07) is 8.66. The molecule has 3 atom stereocenters. The summed E-state index contributed by atoms with van der Waals surface area (Å²) in [5.74, 6) is -1.38. The lowest BCUT2D eigenvalue weighted by atomic mass is 9.80. The molecule has 2 aliphatic rings. The van der Waals surface area contributed by atoms with E-state index in [4.69, 9.17) is 23.5 Å². The first-order chi connectivity index (χ1) is 23.3. The maximum atomic E-state index is 14.3. The van der Waals surface area contributed by atoms with Crippen LogP contribution >= 0.6 is 0 Å². The van der Waals surface area contributed by atoms with Gasteiger partial charge in [0.05, 0.1) is 11.2 Å². The van der Waals surface area contributed by atoms with Gasteiger partial charge in [0.25, 0.3) is 0 Å². The van der Waals surface area contributed by atoms with Gasteiger partial charge in [-0.3, -0.25) is 9.69 Å². The molecule has 2 heterocycles. The van der Waals surface area contributed by atoms with E-state index in [1.807, 2.05) is 71.9 Å². The third-order valence-corrected chi connectivity index (χ3v) is 10.0. The molecular formula is C38H62BN3O9. The highest BCUT2D eigenvalue weighted by molar-refractivity contribution is 6.45. The molecule has 1 aromatic rings. The van der Waals surface area contributed by atoms with E-state index in [2.05, 4.69) is 10.6 Å². The molecule has 0 bridgehead atoms. The predicted molar refractivity (Wildman–Crippen MR) is 196 cm³/mol. The normalized spacial score (nSPS) is 22.7. The van der Waals surface area contributed by atoms with Crippen LogP contribution in [-0.4, -0.2) is 82.1 Å². The number of alkyl carbamates (subject to hydrolysis) is 1. The van der Waals surface area contributed by atoms with E-state index in [-0.39, 0.29) is 31.9 Å². The van der Waals surface area contributed by atoms with E-state index in [0.717, 1.165) is 5.56 Å². The van der Waals surface area contributed by atoms with Crippen molar-refractivity contribution in [3.8, 4) is 0 Å². The molecule has 2 aliphatic heterocycles. The minimum atomic E-state index is -1.45. The molecule has 1 aromatic carbocycles. The van der Waals surface area contributed by atoms with Gasteiger partial charge in [-0.1, -0.05) is 57.0 Å². The number of nitrogens with one attached hydrogen (secondary N) is 2. The quantitative estimate of drug-likeness (QED) is 0.104. The van der Waals surface area contributed by atoms with Crippen molar-refractivity contribution in [2.24, 2.45) is 5.92 Å². The van der Waals surface area contributed by atoms with Crippen molar-refractivity contribution in [2.75, 3.05) is 6.54 Å². The average Bonchev–Trinajstić information content (AvgIpc) is 3.45. The van der Waals surface area contributed by atoms with E-state index in [0.29, 0.717) is 19.2 Å². The Kier molecular flexibility index (Phi) is 13.0. The van der Waals surface area contributed by atoms with Crippen LogP contribution in [0.1, 0.15) is 121 Å². The number of amides is 3. The Morgan fingerprint density at radius 3 is 2.00 bits per heavy atom. The number of nitrogens with zero attached hydrogens (tertiary/aromatic N) is 1. The zero-order valence-corrected chi connectivity index (χ0v) is 33.2. The SMILES string of the molecule is CC(C)[C@](C)(NC(=O)OC(C)(C)C)C(=O)N[C@H]1CN(C(=O)OC(C)(C)C)[C@@](CCCCB2OC(C)(C)C(C)(C)O2)(C(=O)OCc2ccccc2)C1. The second kappa shape index (κ2) is 15.7. The Hall–Kier alpha value is -3.32. The number of benzene rings is 1. The van der Waals surface area contributed by atoms with Crippen LogP contribution in [0, 0.1) is 5.92 Å². The van der Waals surface area contributed by atoms with E-state index in [9.17, 15) is 19.2 Å². The first-order valence-electron chi connectivity index (χ1n) is 18.2. The summed E-state index contributed by atoms with van der Waals surface area (Å²) < 4.78 is 29.6. The average molecular weight is 716 g/mol. The van der Waals surface area contributed by atoms with Crippen molar-refractivity contribution in [1.29, 1.82) is 0 Å². The molecule has 0 aromatic heterocycles. The lowest BCUT2D eigenvalue weighted by Crippen LogP contribution is -2.62. The van der Waals surface area contributed by atoms with Gasteiger partial charge in [0.2, 0.25) is 5.91 Å². The Morgan fingerprint density at radius 1 is 0.902 bits per heavy atom. The number of carbonyl (C=O) groups excluding carboxylic acids is 4. The van der Waals surface area contributed by atoms with E-state index in [1.165, 1.54) is 4.90 Å². The van der Waals surface area contributed by atoms with E-state index < -0.39 is 70.7 Å². The van der Waals surface area contributed by atoms with Gasteiger partial charge in [-0.05, 0) is 100 Å². The summed E-state index contributed by atoms with van der Waals surface area (Å²) in [7, 11) is -0.403. The highest BCUT2D eigenvalue weighted by atomic mass is 16.7. The van der Waals surface area contributed by atoms with E-state index in [1.54, 1.807) is 48.5 Å².